The standard InChI is InChI=1S/C11H11ClF3NO4S/c1-2-5-20-10(17)8-6-7(12)3-4-9(8)16-21(18,19)11(13,14)15/h3-4,6,16H,2,5H2,1H3. The minimum absolute atomic E-state index is 0.0385. The first-order valence-corrected chi connectivity index (χ1v) is 7.50. The molecule has 0 aliphatic heterocycles. The molecule has 0 radical (unpaired) electrons. The monoisotopic (exact) mass is 345 g/mol. The summed E-state index contributed by atoms with van der Waals surface area (Å²) >= 11 is 5.65. The van der Waals surface area contributed by atoms with Crippen LogP contribution in [0.5, 0.6) is 0 Å². The van der Waals surface area contributed by atoms with Gasteiger partial charge in [-0.25, -0.2) is 4.79 Å². The normalized spacial score (nSPS) is 12.0. The van der Waals surface area contributed by atoms with E-state index in [-0.39, 0.29) is 11.6 Å². The Morgan fingerprint density at radius 3 is 2.52 bits per heavy atom. The maximum Gasteiger partial charge on any atom is 0.516 e. The van der Waals surface area contributed by atoms with Crippen molar-refractivity contribution in [2.24, 2.45) is 0 Å². The van der Waals surface area contributed by atoms with Crippen LogP contribution in [0.4, 0.5) is 18.9 Å². The molecule has 1 aromatic carbocycles. The summed E-state index contributed by atoms with van der Waals surface area (Å²) in [5, 5.41) is 0.0494. The van der Waals surface area contributed by atoms with Gasteiger partial charge in [-0.2, -0.15) is 21.6 Å². The number of carbonyl (C=O) groups is 1. The lowest BCUT2D eigenvalue weighted by atomic mass is 10.2. The van der Waals surface area contributed by atoms with Gasteiger partial charge in [0.25, 0.3) is 0 Å². The second-order valence-corrected chi connectivity index (χ2v) is 5.99. The summed E-state index contributed by atoms with van der Waals surface area (Å²) in [6.07, 6.45) is 0.496. The van der Waals surface area contributed by atoms with Gasteiger partial charge in [-0.05, 0) is 24.6 Å². The molecule has 0 aliphatic rings. The second-order valence-electron chi connectivity index (χ2n) is 3.88. The number of alkyl halides is 3. The van der Waals surface area contributed by atoms with Crippen LogP contribution in [-0.2, 0) is 14.8 Å². The lowest BCUT2D eigenvalue weighted by Gasteiger charge is -2.14. The summed E-state index contributed by atoms with van der Waals surface area (Å²) in [5.41, 5.74) is -6.46. The fraction of sp³-hybridized carbons (Fsp3) is 0.364. The quantitative estimate of drug-likeness (QED) is 0.832. The summed E-state index contributed by atoms with van der Waals surface area (Å²) < 4.78 is 65.2. The third-order valence-electron chi connectivity index (χ3n) is 2.19. The smallest absolute Gasteiger partial charge is 0.462 e. The van der Waals surface area contributed by atoms with Crippen LogP contribution in [0.1, 0.15) is 23.7 Å². The number of sulfonamides is 1. The predicted molar refractivity (Wildman–Crippen MR) is 70.6 cm³/mol. The summed E-state index contributed by atoms with van der Waals surface area (Å²) in [4.78, 5) is 11.7. The highest BCUT2D eigenvalue weighted by Crippen LogP contribution is 2.28. The molecule has 21 heavy (non-hydrogen) atoms. The van der Waals surface area contributed by atoms with Crippen molar-refractivity contribution in [3.8, 4) is 0 Å². The molecular weight excluding hydrogens is 335 g/mol. The topological polar surface area (TPSA) is 72.5 Å². The van der Waals surface area contributed by atoms with E-state index in [9.17, 15) is 26.4 Å². The number of halogens is 4. The fourth-order valence-corrected chi connectivity index (χ4v) is 2.00. The summed E-state index contributed by atoms with van der Waals surface area (Å²) in [5.74, 6) is -0.973. The Morgan fingerprint density at radius 2 is 2.00 bits per heavy atom. The molecule has 118 valence electrons. The number of nitrogens with one attached hydrogen (secondary N) is 1. The summed E-state index contributed by atoms with van der Waals surface area (Å²) in [7, 11) is -5.64. The Bertz CT molecular complexity index is 631. The number of esters is 1. The van der Waals surface area contributed by atoms with Crippen molar-refractivity contribution in [1.82, 2.24) is 0 Å². The Balaban J connectivity index is 3.17. The van der Waals surface area contributed by atoms with Crippen molar-refractivity contribution in [1.29, 1.82) is 0 Å². The van der Waals surface area contributed by atoms with Gasteiger partial charge < -0.3 is 4.74 Å². The van der Waals surface area contributed by atoms with Crippen LogP contribution in [0, 0.1) is 0 Å². The highest BCUT2D eigenvalue weighted by atomic mass is 35.5. The molecule has 10 heteroatoms. The average Bonchev–Trinajstić information content (AvgIpc) is 2.36. The molecule has 0 unspecified atom stereocenters. The highest BCUT2D eigenvalue weighted by molar-refractivity contribution is 7.93. The van der Waals surface area contributed by atoms with Gasteiger partial charge in [-0.3, -0.25) is 4.72 Å². The molecular formula is C11H11ClF3NO4S. The first-order chi connectivity index (χ1) is 9.58. The van der Waals surface area contributed by atoms with Gasteiger partial charge in [0.1, 0.15) is 0 Å². The third-order valence-corrected chi connectivity index (χ3v) is 3.52. The Kier molecular flexibility index (Phi) is 5.46. The molecule has 0 bridgehead atoms. The van der Waals surface area contributed by atoms with Crippen LogP contribution in [0.15, 0.2) is 18.2 Å². The first-order valence-electron chi connectivity index (χ1n) is 5.64. The molecule has 0 aromatic heterocycles. The van der Waals surface area contributed by atoms with E-state index in [4.69, 9.17) is 16.3 Å². The van der Waals surface area contributed by atoms with Crippen molar-refractivity contribution in [3.05, 3.63) is 28.8 Å². The summed E-state index contributed by atoms with van der Waals surface area (Å²) in [6, 6.07) is 3.12. The van der Waals surface area contributed by atoms with Crippen molar-refractivity contribution in [2.45, 2.75) is 18.9 Å². The first kappa shape index (κ1) is 17.6. The number of carbonyl (C=O) groups excluding carboxylic acids is 1. The number of hydrogen-bond acceptors (Lipinski definition) is 4. The molecule has 0 fully saturated rings. The molecule has 0 atom stereocenters. The van der Waals surface area contributed by atoms with E-state index in [2.05, 4.69) is 0 Å². The number of hydrogen-bond donors (Lipinski definition) is 1. The van der Waals surface area contributed by atoms with Crippen LogP contribution >= 0.6 is 11.6 Å². The maximum absolute atomic E-state index is 12.3. The minimum Gasteiger partial charge on any atom is -0.462 e. The minimum atomic E-state index is -5.64. The number of benzene rings is 1. The number of anilines is 1. The maximum atomic E-state index is 12.3. The van der Waals surface area contributed by atoms with E-state index in [1.165, 1.54) is 4.72 Å². The zero-order chi connectivity index (χ0) is 16.3. The zero-order valence-corrected chi connectivity index (χ0v) is 12.3. The Morgan fingerprint density at radius 1 is 1.38 bits per heavy atom. The molecule has 5 nitrogen and oxygen atoms in total. The van der Waals surface area contributed by atoms with Gasteiger partial charge in [0, 0.05) is 5.02 Å². The van der Waals surface area contributed by atoms with Gasteiger partial charge in [0.15, 0.2) is 0 Å². The SMILES string of the molecule is CCCOC(=O)c1cc(Cl)ccc1NS(=O)(=O)C(F)(F)F. The molecule has 0 saturated carbocycles. The van der Waals surface area contributed by atoms with Gasteiger partial charge in [0.2, 0.25) is 0 Å². The van der Waals surface area contributed by atoms with Gasteiger partial charge in [0.05, 0.1) is 17.9 Å². The van der Waals surface area contributed by atoms with E-state index in [1.807, 2.05) is 0 Å². The van der Waals surface area contributed by atoms with Crippen molar-refractivity contribution >= 4 is 33.3 Å². The van der Waals surface area contributed by atoms with E-state index in [1.54, 1.807) is 6.92 Å². The van der Waals surface area contributed by atoms with Crippen LogP contribution in [-0.4, -0.2) is 26.5 Å². The van der Waals surface area contributed by atoms with Crippen molar-refractivity contribution < 1.29 is 31.1 Å². The molecule has 0 saturated heterocycles. The largest absolute Gasteiger partial charge is 0.516 e. The highest BCUT2D eigenvalue weighted by Gasteiger charge is 2.46. The van der Waals surface area contributed by atoms with Crippen molar-refractivity contribution in [3.63, 3.8) is 0 Å². The van der Waals surface area contributed by atoms with Gasteiger partial charge in [-0.15, -0.1) is 0 Å². The lowest BCUT2D eigenvalue weighted by Crippen LogP contribution is -2.30. The summed E-state index contributed by atoms with van der Waals surface area (Å²) in [6.45, 7) is 1.76. The lowest BCUT2D eigenvalue weighted by molar-refractivity contribution is -0.0429. The van der Waals surface area contributed by atoms with Gasteiger partial charge >= 0.3 is 21.5 Å². The van der Waals surface area contributed by atoms with E-state index < -0.39 is 32.8 Å². The molecule has 1 N–H and O–H groups in total. The molecule has 0 heterocycles. The van der Waals surface area contributed by atoms with Crippen molar-refractivity contribution in [2.75, 3.05) is 11.3 Å². The van der Waals surface area contributed by atoms with Crippen LogP contribution in [0.3, 0.4) is 0 Å². The molecule has 0 aliphatic carbocycles. The fourth-order valence-electron chi connectivity index (χ4n) is 1.25. The van der Waals surface area contributed by atoms with E-state index in [0.717, 1.165) is 18.2 Å². The van der Waals surface area contributed by atoms with E-state index in [0.29, 0.717) is 6.42 Å². The molecule has 1 rings (SSSR count). The third kappa shape index (κ3) is 4.50. The second kappa shape index (κ2) is 6.52. The Hall–Kier alpha value is -1.48. The number of ether oxygens (including phenoxy) is 1. The Labute approximate surface area is 124 Å². The van der Waals surface area contributed by atoms with Gasteiger partial charge in [-0.1, -0.05) is 18.5 Å². The average molecular weight is 346 g/mol. The molecule has 1 aromatic rings. The van der Waals surface area contributed by atoms with Crippen LogP contribution in [0.25, 0.3) is 0 Å². The van der Waals surface area contributed by atoms with Crippen LogP contribution in [0.2, 0.25) is 5.02 Å². The predicted octanol–water partition coefficient (Wildman–Crippen LogP) is 3.17. The molecule has 0 spiro atoms. The number of rotatable bonds is 5. The molecule has 0 amide bonds. The van der Waals surface area contributed by atoms with Crippen LogP contribution < -0.4 is 4.72 Å². The van der Waals surface area contributed by atoms with E-state index >= 15 is 0 Å². The zero-order valence-electron chi connectivity index (χ0n) is 10.7.